The summed E-state index contributed by atoms with van der Waals surface area (Å²) in [6.45, 7) is 4.34. The highest BCUT2D eigenvalue weighted by atomic mass is 16.4. The summed E-state index contributed by atoms with van der Waals surface area (Å²) in [4.78, 5) is 42.0. The molecular formula is C20H21N5O7. The molecule has 0 aromatic carbocycles. The average molecular weight is 443 g/mol. The molecule has 32 heavy (non-hydrogen) atoms. The van der Waals surface area contributed by atoms with Crippen LogP contribution in [0, 0.1) is 0 Å². The first-order chi connectivity index (χ1) is 15.2. The van der Waals surface area contributed by atoms with E-state index in [4.69, 9.17) is 20.4 Å². The van der Waals surface area contributed by atoms with Gasteiger partial charge in [0.15, 0.2) is 5.76 Å². The summed E-state index contributed by atoms with van der Waals surface area (Å²) >= 11 is 0. The van der Waals surface area contributed by atoms with Crippen molar-refractivity contribution in [2.45, 2.75) is 31.8 Å². The van der Waals surface area contributed by atoms with Crippen LogP contribution in [0.15, 0.2) is 35.4 Å². The quantitative estimate of drug-likeness (QED) is 0.306. The Labute approximate surface area is 181 Å². The van der Waals surface area contributed by atoms with E-state index in [0.29, 0.717) is 35.3 Å². The number of aryl methyl sites for hydroxylation is 1. The number of allylic oxidation sites excluding steroid dienone is 1. The number of carbonyl (C=O) groups is 3. The van der Waals surface area contributed by atoms with Crippen molar-refractivity contribution in [2.24, 2.45) is 0 Å². The number of carboxylic acids is 2. The highest BCUT2D eigenvalue weighted by Gasteiger charge is 2.23. The molecule has 0 saturated carbocycles. The van der Waals surface area contributed by atoms with Crippen LogP contribution in [-0.2, 0) is 16.1 Å². The molecule has 0 unspecified atom stereocenters. The van der Waals surface area contributed by atoms with Gasteiger partial charge >= 0.3 is 11.9 Å². The van der Waals surface area contributed by atoms with Crippen molar-refractivity contribution in [1.29, 1.82) is 0 Å². The number of hydrogen-bond acceptors (Lipinski definition) is 8. The fourth-order valence-electron chi connectivity index (χ4n) is 3.07. The van der Waals surface area contributed by atoms with E-state index in [-0.39, 0.29) is 24.0 Å². The number of nitrogens with zero attached hydrogens (tertiary/aromatic N) is 3. The molecule has 168 valence electrons. The van der Waals surface area contributed by atoms with E-state index in [1.807, 2.05) is 0 Å². The Morgan fingerprint density at radius 1 is 1.16 bits per heavy atom. The van der Waals surface area contributed by atoms with E-state index in [1.165, 1.54) is 12.1 Å². The molecule has 12 nitrogen and oxygen atoms in total. The van der Waals surface area contributed by atoms with Gasteiger partial charge in [-0.15, -0.1) is 0 Å². The number of carbonyl (C=O) groups excluding carboxylic acids is 1. The summed E-state index contributed by atoms with van der Waals surface area (Å²) in [5.74, 6) is -3.37. The molecule has 3 aromatic heterocycles. The number of aliphatic carboxylic acids is 2. The number of furan rings is 1. The van der Waals surface area contributed by atoms with E-state index in [2.05, 4.69) is 21.9 Å². The van der Waals surface area contributed by atoms with E-state index in [1.54, 1.807) is 16.8 Å². The van der Waals surface area contributed by atoms with Crippen LogP contribution < -0.4 is 11.1 Å². The third-order valence-electron chi connectivity index (χ3n) is 4.69. The van der Waals surface area contributed by atoms with Gasteiger partial charge < -0.3 is 35.4 Å². The molecule has 0 aliphatic heterocycles. The Kier molecular flexibility index (Phi) is 6.42. The minimum absolute atomic E-state index is 0.0355. The van der Waals surface area contributed by atoms with Gasteiger partial charge in [0.25, 0.3) is 5.91 Å². The van der Waals surface area contributed by atoms with E-state index >= 15 is 0 Å². The van der Waals surface area contributed by atoms with E-state index in [9.17, 15) is 19.5 Å². The minimum atomic E-state index is -1.36. The summed E-state index contributed by atoms with van der Waals surface area (Å²) in [6, 6.07) is 3.23. The first-order valence-corrected chi connectivity index (χ1v) is 9.50. The van der Waals surface area contributed by atoms with Crippen molar-refractivity contribution < 1.29 is 34.1 Å². The summed E-state index contributed by atoms with van der Waals surface area (Å²) in [6.07, 6.45) is 1.46. The van der Waals surface area contributed by atoms with E-state index < -0.39 is 30.3 Å². The van der Waals surface area contributed by atoms with Gasteiger partial charge in [-0.2, -0.15) is 4.98 Å². The maximum absolute atomic E-state index is 12.3. The second kappa shape index (κ2) is 9.20. The third-order valence-corrected chi connectivity index (χ3v) is 4.69. The van der Waals surface area contributed by atoms with Gasteiger partial charge in [0.1, 0.15) is 17.3 Å². The molecule has 0 aliphatic rings. The van der Waals surface area contributed by atoms with Gasteiger partial charge in [-0.05, 0) is 36.6 Å². The van der Waals surface area contributed by atoms with Crippen molar-refractivity contribution in [3.05, 3.63) is 42.5 Å². The summed E-state index contributed by atoms with van der Waals surface area (Å²) in [7, 11) is 0. The van der Waals surface area contributed by atoms with Crippen LogP contribution in [-0.4, -0.2) is 53.7 Å². The van der Waals surface area contributed by atoms with Crippen LogP contribution in [0.5, 0.6) is 5.88 Å². The zero-order valence-electron chi connectivity index (χ0n) is 16.8. The van der Waals surface area contributed by atoms with Gasteiger partial charge in [-0.1, -0.05) is 6.58 Å². The van der Waals surface area contributed by atoms with Gasteiger partial charge in [-0.3, -0.25) is 9.59 Å². The number of rotatable bonds is 10. The number of aromatic nitrogens is 3. The van der Waals surface area contributed by atoms with Crippen LogP contribution >= 0.6 is 0 Å². The number of anilines is 1. The second-order valence-electron chi connectivity index (χ2n) is 6.96. The second-order valence-corrected chi connectivity index (χ2v) is 6.96. The lowest BCUT2D eigenvalue weighted by Crippen LogP contribution is -2.41. The number of nitrogen functional groups attached to an aromatic ring is 1. The molecule has 1 atom stereocenters. The molecule has 0 radical (unpaired) electrons. The highest BCUT2D eigenvalue weighted by Crippen LogP contribution is 2.26. The number of hydrogen-bond donors (Lipinski definition) is 5. The maximum atomic E-state index is 12.3. The lowest BCUT2D eigenvalue weighted by atomic mass is 10.1. The first-order valence-electron chi connectivity index (χ1n) is 9.50. The molecule has 6 N–H and O–H groups in total. The van der Waals surface area contributed by atoms with Crippen molar-refractivity contribution in [1.82, 2.24) is 19.9 Å². The monoisotopic (exact) mass is 443 g/mol. The fourth-order valence-corrected chi connectivity index (χ4v) is 3.07. The molecule has 0 spiro atoms. The minimum Gasteiger partial charge on any atom is -0.492 e. The van der Waals surface area contributed by atoms with Crippen LogP contribution in [0.25, 0.3) is 16.6 Å². The highest BCUT2D eigenvalue weighted by molar-refractivity contribution is 5.94. The SMILES string of the molecule is C=C(CCn1ccc2nc(N)nc(O)c21)c1ccc(C(=O)N[C@H](CCC(=O)O)C(=O)O)o1. The molecule has 3 aromatic rings. The number of nitrogens with one attached hydrogen (secondary N) is 1. The number of aromatic hydroxyl groups is 1. The third kappa shape index (κ3) is 5.03. The van der Waals surface area contributed by atoms with Gasteiger partial charge in [0, 0.05) is 19.2 Å². The summed E-state index contributed by atoms with van der Waals surface area (Å²) < 4.78 is 7.22. The number of amides is 1. The Morgan fingerprint density at radius 3 is 2.56 bits per heavy atom. The predicted octanol–water partition coefficient (Wildman–Crippen LogP) is 1.46. The smallest absolute Gasteiger partial charge is 0.326 e. The molecule has 3 rings (SSSR count). The molecular weight excluding hydrogens is 422 g/mol. The Morgan fingerprint density at radius 2 is 1.88 bits per heavy atom. The number of nitrogens with two attached hydrogens (primary N) is 1. The van der Waals surface area contributed by atoms with Crippen LogP contribution in [0.2, 0.25) is 0 Å². The van der Waals surface area contributed by atoms with Gasteiger partial charge in [0.05, 0.1) is 5.52 Å². The normalized spacial score (nSPS) is 11.9. The van der Waals surface area contributed by atoms with Crippen molar-refractivity contribution in [3.8, 4) is 5.88 Å². The standard InChI is InChI=1S/C20H21N5O7/c1-10(6-8-25-9-7-11-16(25)18(29)24-20(21)23-11)13-3-4-14(32-13)17(28)22-12(19(30)31)2-5-15(26)27/h3-4,7,9,12H,1-2,5-6,8H2,(H,22,28)(H,26,27)(H,30,31)(H3,21,23,24,29)/t12-/m1/s1. The zero-order valence-corrected chi connectivity index (χ0v) is 16.8. The molecule has 3 heterocycles. The Hall–Kier alpha value is -4.35. The molecule has 1 amide bonds. The summed E-state index contributed by atoms with van der Waals surface area (Å²) in [5.41, 5.74) is 7.00. The molecule has 0 bridgehead atoms. The first kappa shape index (κ1) is 22.3. The van der Waals surface area contributed by atoms with Crippen LogP contribution in [0.4, 0.5) is 5.95 Å². The fraction of sp³-hybridized carbons (Fsp3) is 0.250. The van der Waals surface area contributed by atoms with Crippen molar-refractivity contribution in [2.75, 3.05) is 5.73 Å². The van der Waals surface area contributed by atoms with Crippen molar-refractivity contribution >= 4 is 40.4 Å². The lowest BCUT2D eigenvalue weighted by Gasteiger charge is -2.12. The molecule has 0 fully saturated rings. The Balaban J connectivity index is 1.63. The van der Waals surface area contributed by atoms with Gasteiger partial charge in [-0.25, -0.2) is 9.78 Å². The van der Waals surface area contributed by atoms with Crippen LogP contribution in [0.1, 0.15) is 35.6 Å². The zero-order chi connectivity index (χ0) is 23.4. The van der Waals surface area contributed by atoms with Crippen molar-refractivity contribution in [3.63, 3.8) is 0 Å². The van der Waals surface area contributed by atoms with Gasteiger partial charge in [0.2, 0.25) is 11.8 Å². The summed E-state index contributed by atoms with van der Waals surface area (Å²) in [5, 5.41) is 30.1. The van der Waals surface area contributed by atoms with Crippen LogP contribution in [0.3, 0.4) is 0 Å². The topological polar surface area (TPSA) is 194 Å². The van der Waals surface area contributed by atoms with E-state index in [0.717, 1.165) is 0 Å². The molecule has 12 heteroatoms. The Bertz CT molecular complexity index is 1200. The average Bonchev–Trinajstić information content (AvgIpc) is 3.36. The number of carboxylic acid groups (broad SMARTS) is 2. The molecule has 0 aliphatic carbocycles. The maximum Gasteiger partial charge on any atom is 0.326 e. The largest absolute Gasteiger partial charge is 0.492 e. The number of fused-ring (bicyclic) bond motifs is 1. The molecule has 0 saturated heterocycles. The predicted molar refractivity (Wildman–Crippen MR) is 112 cm³/mol. The lowest BCUT2D eigenvalue weighted by molar-refractivity contribution is -0.140.